The van der Waals surface area contributed by atoms with E-state index in [-0.39, 0.29) is 12.5 Å². The number of carbonyl (C=O) groups excluding carboxylic acids is 1. The number of amides is 1. The molecule has 1 aromatic carbocycles. The van der Waals surface area contributed by atoms with Crippen molar-refractivity contribution >= 4 is 11.6 Å². The minimum absolute atomic E-state index is 0.0217. The molecule has 2 aromatic rings. The second-order valence-corrected chi connectivity index (χ2v) is 6.58. The molecule has 1 amide bonds. The van der Waals surface area contributed by atoms with E-state index >= 15 is 0 Å². The van der Waals surface area contributed by atoms with E-state index in [2.05, 4.69) is 49.1 Å². The lowest BCUT2D eigenvalue weighted by atomic mass is 10.0. The molecule has 0 aliphatic rings. The number of nitrogens with one attached hydrogen (secondary N) is 1. The van der Waals surface area contributed by atoms with Crippen molar-refractivity contribution in [1.29, 1.82) is 0 Å². The molecule has 2 rings (SSSR count). The molecule has 142 valence electrons. The van der Waals surface area contributed by atoms with Crippen LogP contribution in [0, 0.1) is 0 Å². The van der Waals surface area contributed by atoms with Gasteiger partial charge in [0.05, 0.1) is 18.4 Å². The van der Waals surface area contributed by atoms with E-state index in [0.717, 1.165) is 26.2 Å². The number of benzene rings is 1. The van der Waals surface area contributed by atoms with Gasteiger partial charge in [-0.2, -0.15) is 5.10 Å². The summed E-state index contributed by atoms with van der Waals surface area (Å²) >= 11 is 0. The first kappa shape index (κ1) is 20.0. The Kier molecular flexibility index (Phi) is 7.66. The zero-order valence-corrected chi connectivity index (χ0v) is 16.2. The van der Waals surface area contributed by atoms with Crippen molar-refractivity contribution in [2.45, 2.75) is 40.2 Å². The third kappa shape index (κ3) is 6.19. The molecule has 0 bridgehead atoms. The second kappa shape index (κ2) is 9.97. The molecule has 0 spiro atoms. The Morgan fingerprint density at radius 2 is 2.08 bits per heavy atom. The summed E-state index contributed by atoms with van der Waals surface area (Å²) in [6, 6.07) is 7.85. The van der Waals surface area contributed by atoms with Gasteiger partial charge in [0.1, 0.15) is 5.75 Å². The van der Waals surface area contributed by atoms with Crippen LogP contribution in [0.2, 0.25) is 0 Å². The van der Waals surface area contributed by atoms with Crippen LogP contribution in [0.3, 0.4) is 0 Å². The highest BCUT2D eigenvalue weighted by Crippen LogP contribution is 2.20. The van der Waals surface area contributed by atoms with Gasteiger partial charge in [-0.05, 0) is 36.7 Å². The topological polar surface area (TPSA) is 59.4 Å². The normalized spacial score (nSPS) is 11.2. The highest BCUT2D eigenvalue weighted by atomic mass is 16.5. The zero-order chi connectivity index (χ0) is 18.9. The van der Waals surface area contributed by atoms with Crippen LogP contribution >= 0.6 is 0 Å². The SMILES string of the molecule is CCN(CC)CCn1cc(NC(=O)COc2cccc(C(C)C)c2)cn1. The first-order chi connectivity index (χ1) is 12.5. The third-order valence-electron chi connectivity index (χ3n) is 4.35. The van der Waals surface area contributed by atoms with Crippen LogP contribution in [-0.4, -0.2) is 46.8 Å². The quantitative estimate of drug-likeness (QED) is 0.707. The minimum Gasteiger partial charge on any atom is -0.484 e. The molecule has 1 aromatic heterocycles. The van der Waals surface area contributed by atoms with Gasteiger partial charge in [0.15, 0.2) is 6.61 Å². The number of carbonyl (C=O) groups is 1. The predicted molar refractivity (Wildman–Crippen MR) is 105 cm³/mol. The highest BCUT2D eigenvalue weighted by Gasteiger charge is 2.08. The van der Waals surface area contributed by atoms with E-state index in [4.69, 9.17) is 4.74 Å². The lowest BCUT2D eigenvalue weighted by Crippen LogP contribution is -2.27. The van der Waals surface area contributed by atoms with Crippen molar-refractivity contribution in [1.82, 2.24) is 14.7 Å². The van der Waals surface area contributed by atoms with E-state index in [1.54, 1.807) is 6.20 Å². The van der Waals surface area contributed by atoms with Crippen molar-refractivity contribution in [3.63, 3.8) is 0 Å². The summed E-state index contributed by atoms with van der Waals surface area (Å²) in [5.41, 5.74) is 1.88. The molecule has 26 heavy (non-hydrogen) atoms. The number of ether oxygens (including phenoxy) is 1. The summed E-state index contributed by atoms with van der Waals surface area (Å²) in [6.07, 6.45) is 3.51. The maximum atomic E-state index is 12.1. The van der Waals surface area contributed by atoms with Crippen molar-refractivity contribution in [2.75, 3.05) is 31.6 Å². The number of likely N-dealkylation sites (N-methyl/N-ethyl adjacent to an activating group) is 1. The van der Waals surface area contributed by atoms with Crippen LogP contribution in [0.5, 0.6) is 5.75 Å². The second-order valence-electron chi connectivity index (χ2n) is 6.58. The van der Waals surface area contributed by atoms with Gasteiger partial charge in [0.25, 0.3) is 5.91 Å². The molecular formula is C20H30N4O2. The summed E-state index contributed by atoms with van der Waals surface area (Å²) < 4.78 is 7.45. The van der Waals surface area contributed by atoms with E-state index in [0.29, 0.717) is 17.4 Å². The Balaban J connectivity index is 1.80. The van der Waals surface area contributed by atoms with Gasteiger partial charge in [-0.25, -0.2) is 0 Å². The Bertz CT molecular complexity index is 693. The Labute approximate surface area is 156 Å². The van der Waals surface area contributed by atoms with Crippen molar-refractivity contribution in [3.8, 4) is 5.75 Å². The molecule has 0 aliphatic heterocycles. The number of nitrogens with zero attached hydrogens (tertiary/aromatic N) is 3. The smallest absolute Gasteiger partial charge is 0.262 e. The van der Waals surface area contributed by atoms with Crippen LogP contribution in [0.1, 0.15) is 39.2 Å². The fourth-order valence-corrected chi connectivity index (χ4v) is 2.64. The van der Waals surface area contributed by atoms with Crippen molar-refractivity contribution in [3.05, 3.63) is 42.2 Å². The first-order valence-corrected chi connectivity index (χ1v) is 9.29. The van der Waals surface area contributed by atoms with Gasteiger partial charge >= 0.3 is 0 Å². The molecular weight excluding hydrogens is 328 g/mol. The van der Waals surface area contributed by atoms with Crippen LogP contribution in [0.4, 0.5) is 5.69 Å². The molecule has 1 N–H and O–H groups in total. The lowest BCUT2D eigenvalue weighted by molar-refractivity contribution is -0.118. The summed E-state index contributed by atoms with van der Waals surface area (Å²) in [5.74, 6) is 0.944. The number of hydrogen-bond donors (Lipinski definition) is 1. The van der Waals surface area contributed by atoms with Gasteiger partial charge in [0.2, 0.25) is 0 Å². The van der Waals surface area contributed by atoms with Crippen molar-refractivity contribution < 1.29 is 9.53 Å². The molecule has 1 heterocycles. The minimum atomic E-state index is -0.191. The summed E-state index contributed by atoms with van der Waals surface area (Å²) in [5, 5.41) is 7.12. The average molecular weight is 358 g/mol. The maximum absolute atomic E-state index is 12.1. The average Bonchev–Trinajstić information content (AvgIpc) is 3.08. The third-order valence-corrected chi connectivity index (χ3v) is 4.35. The monoisotopic (exact) mass is 358 g/mol. The summed E-state index contributed by atoms with van der Waals surface area (Å²) in [6.45, 7) is 12.3. The maximum Gasteiger partial charge on any atom is 0.262 e. The molecule has 0 radical (unpaired) electrons. The van der Waals surface area contributed by atoms with Gasteiger partial charge in [-0.15, -0.1) is 0 Å². The largest absolute Gasteiger partial charge is 0.484 e. The number of hydrogen-bond acceptors (Lipinski definition) is 4. The predicted octanol–water partition coefficient (Wildman–Crippen LogP) is 3.37. The van der Waals surface area contributed by atoms with E-state index in [9.17, 15) is 4.79 Å². The first-order valence-electron chi connectivity index (χ1n) is 9.29. The van der Waals surface area contributed by atoms with E-state index < -0.39 is 0 Å². The lowest BCUT2D eigenvalue weighted by Gasteiger charge is -2.17. The fourth-order valence-electron chi connectivity index (χ4n) is 2.64. The molecule has 0 saturated heterocycles. The summed E-state index contributed by atoms with van der Waals surface area (Å²) in [4.78, 5) is 14.4. The van der Waals surface area contributed by atoms with Crippen molar-refractivity contribution in [2.24, 2.45) is 0 Å². The van der Waals surface area contributed by atoms with Crippen LogP contribution < -0.4 is 10.1 Å². The van der Waals surface area contributed by atoms with E-state index in [1.807, 2.05) is 29.1 Å². The molecule has 0 aliphatic carbocycles. The molecule has 0 fully saturated rings. The van der Waals surface area contributed by atoms with Crippen LogP contribution in [0.25, 0.3) is 0 Å². The molecule has 0 atom stereocenters. The van der Waals surface area contributed by atoms with Crippen LogP contribution in [0.15, 0.2) is 36.7 Å². The van der Waals surface area contributed by atoms with Gasteiger partial charge < -0.3 is 15.0 Å². The molecule has 0 unspecified atom stereocenters. The highest BCUT2D eigenvalue weighted by molar-refractivity contribution is 5.91. The molecule has 6 heteroatoms. The fraction of sp³-hybridized carbons (Fsp3) is 0.500. The molecule has 6 nitrogen and oxygen atoms in total. The number of anilines is 1. The van der Waals surface area contributed by atoms with Crippen LogP contribution in [-0.2, 0) is 11.3 Å². The Hall–Kier alpha value is -2.34. The number of aromatic nitrogens is 2. The molecule has 0 saturated carbocycles. The Morgan fingerprint density at radius 1 is 1.31 bits per heavy atom. The van der Waals surface area contributed by atoms with Gasteiger partial charge in [0, 0.05) is 12.7 Å². The standard InChI is InChI=1S/C20H30N4O2/c1-5-23(6-2)10-11-24-14-18(13-21-24)22-20(25)15-26-19-9-7-8-17(12-19)16(3)4/h7-9,12-14,16H,5-6,10-11,15H2,1-4H3,(H,22,25). The summed E-state index contributed by atoms with van der Waals surface area (Å²) in [7, 11) is 0. The van der Waals surface area contributed by atoms with Gasteiger partial charge in [-0.3, -0.25) is 9.48 Å². The van der Waals surface area contributed by atoms with Gasteiger partial charge in [-0.1, -0.05) is 39.8 Å². The number of rotatable bonds is 10. The van der Waals surface area contributed by atoms with E-state index in [1.165, 1.54) is 5.56 Å². The Morgan fingerprint density at radius 3 is 2.77 bits per heavy atom. The zero-order valence-electron chi connectivity index (χ0n) is 16.2.